The number of azo groups is 1. The minimum atomic E-state index is -3.67. The molecular weight excluding hydrogens is 412 g/mol. The van der Waals surface area contributed by atoms with Crippen LogP contribution in [-0.4, -0.2) is 58.5 Å². The molecular formula is C15H16N12O2S. The molecule has 0 fully saturated rings. The van der Waals surface area contributed by atoms with Crippen LogP contribution < -0.4 is 15.4 Å². The molecule has 3 aromatic heterocycles. The lowest BCUT2D eigenvalue weighted by Crippen LogP contribution is -2.13. The molecule has 14 nitrogen and oxygen atoms in total. The Balaban J connectivity index is 2.15. The minimum Gasteiger partial charge on any atom is -0.371 e. The van der Waals surface area contributed by atoms with Crippen molar-refractivity contribution < 1.29 is 8.42 Å². The molecule has 0 bridgehead atoms. The van der Waals surface area contributed by atoms with E-state index in [-0.39, 0.29) is 40.6 Å². The smallest absolute Gasteiger partial charge is 0.252 e. The number of nitrogens with one attached hydrogen (secondary N) is 3. The van der Waals surface area contributed by atoms with Gasteiger partial charge in [-0.3, -0.25) is 4.72 Å². The van der Waals surface area contributed by atoms with Crippen LogP contribution in [0.1, 0.15) is 5.56 Å². The minimum absolute atomic E-state index is 0.00699. The van der Waals surface area contributed by atoms with Gasteiger partial charge in [0.05, 0.1) is 12.5 Å². The highest BCUT2D eigenvalue weighted by Crippen LogP contribution is 2.34. The molecule has 3 rings (SSSR count). The summed E-state index contributed by atoms with van der Waals surface area (Å²) in [5.74, 6) is 0.479. The molecule has 3 aromatic rings. The Morgan fingerprint density at radius 1 is 1.10 bits per heavy atom. The highest BCUT2D eigenvalue weighted by atomic mass is 32.2. The summed E-state index contributed by atoms with van der Waals surface area (Å²) in [6.45, 7) is 0. The number of hydrogen-bond acceptors (Lipinski definition) is 12. The van der Waals surface area contributed by atoms with Crippen LogP contribution >= 0.6 is 0 Å². The van der Waals surface area contributed by atoms with Gasteiger partial charge in [-0.2, -0.15) is 25.0 Å². The van der Waals surface area contributed by atoms with Gasteiger partial charge in [-0.25, -0.2) is 18.4 Å². The average molecular weight is 428 g/mol. The predicted molar refractivity (Wildman–Crippen MR) is 108 cm³/mol. The summed E-state index contributed by atoms with van der Waals surface area (Å²) in [6.07, 6.45) is 5.28. The van der Waals surface area contributed by atoms with Gasteiger partial charge in [0.15, 0.2) is 23.1 Å². The predicted octanol–water partition coefficient (Wildman–Crippen LogP) is 1.19. The molecule has 0 aliphatic rings. The van der Waals surface area contributed by atoms with E-state index in [2.05, 4.69) is 50.6 Å². The normalized spacial score (nSPS) is 11.3. The first-order valence-corrected chi connectivity index (χ1v) is 10.2. The number of nitriles is 1. The largest absolute Gasteiger partial charge is 0.371 e. The summed E-state index contributed by atoms with van der Waals surface area (Å²) in [4.78, 5) is 16.4. The van der Waals surface area contributed by atoms with Crippen molar-refractivity contribution in [1.29, 1.82) is 5.26 Å². The van der Waals surface area contributed by atoms with Gasteiger partial charge in [-0.15, -0.1) is 10.2 Å². The fourth-order valence-electron chi connectivity index (χ4n) is 2.24. The van der Waals surface area contributed by atoms with Crippen molar-refractivity contribution in [2.75, 3.05) is 35.7 Å². The molecule has 0 saturated heterocycles. The zero-order chi connectivity index (χ0) is 21.7. The number of rotatable bonds is 7. The monoisotopic (exact) mass is 428 g/mol. The maximum absolute atomic E-state index is 11.8. The molecule has 0 saturated carbocycles. The van der Waals surface area contributed by atoms with Crippen molar-refractivity contribution in [2.45, 2.75) is 0 Å². The molecule has 15 heteroatoms. The SMILES string of the molecule is CNc1nc(NC)c(N=Nc2c(C#N)cnn2-c2ncccn2)c(NS(C)(=O)=O)n1. The van der Waals surface area contributed by atoms with Crippen LogP contribution in [0.2, 0.25) is 0 Å². The quantitative estimate of drug-likeness (QED) is 0.461. The van der Waals surface area contributed by atoms with E-state index in [4.69, 9.17) is 0 Å². The average Bonchev–Trinajstić information content (AvgIpc) is 3.14. The lowest BCUT2D eigenvalue weighted by molar-refractivity contribution is 0.606. The van der Waals surface area contributed by atoms with Crippen LogP contribution in [0.3, 0.4) is 0 Å². The number of nitrogens with zero attached hydrogens (tertiary/aromatic N) is 9. The first-order chi connectivity index (χ1) is 14.4. The number of hydrogen-bond donors (Lipinski definition) is 3. The second-order valence-electron chi connectivity index (χ2n) is 5.62. The Kier molecular flexibility index (Phi) is 5.78. The van der Waals surface area contributed by atoms with E-state index in [9.17, 15) is 13.7 Å². The van der Waals surface area contributed by atoms with Crippen LogP contribution in [0.25, 0.3) is 5.95 Å². The molecule has 3 N–H and O–H groups in total. The van der Waals surface area contributed by atoms with Gasteiger partial charge in [0.2, 0.25) is 16.0 Å². The van der Waals surface area contributed by atoms with Crippen molar-refractivity contribution >= 4 is 39.1 Å². The highest BCUT2D eigenvalue weighted by Gasteiger charge is 2.18. The summed E-state index contributed by atoms with van der Waals surface area (Å²) >= 11 is 0. The standard InChI is InChI=1S/C15H16N12O2S/c1-17-11-10(12(26-30(3,28)29)23-14(18-2)22-11)24-25-13-9(7-16)8-21-27(13)15-19-5-4-6-20-15/h4-6,8H,1-3H3,(H3,17,18,22,23,26). The molecule has 0 aliphatic carbocycles. The molecule has 3 heterocycles. The fraction of sp³-hybridized carbons (Fsp3) is 0.200. The van der Waals surface area contributed by atoms with Crippen LogP contribution in [0, 0.1) is 11.3 Å². The van der Waals surface area contributed by atoms with Gasteiger partial charge in [-0.05, 0) is 6.07 Å². The lowest BCUT2D eigenvalue weighted by atomic mass is 10.4. The summed E-state index contributed by atoms with van der Waals surface area (Å²) in [5.41, 5.74) is 0.121. The third-order valence-electron chi connectivity index (χ3n) is 3.48. The van der Waals surface area contributed by atoms with Crippen LogP contribution in [0.15, 0.2) is 34.9 Å². The third-order valence-corrected chi connectivity index (χ3v) is 4.04. The topological polar surface area (TPSA) is 188 Å². The van der Waals surface area contributed by atoms with E-state index in [0.717, 1.165) is 6.26 Å². The van der Waals surface area contributed by atoms with Crippen molar-refractivity contribution in [2.24, 2.45) is 10.2 Å². The highest BCUT2D eigenvalue weighted by molar-refractivity contribution is 7.92. The second-order valence-corrected chi connectivity index (χ2v) is 7.37. The third kappa shape index (κ3) is 4.44. The van der Waals surface area contributed by atoms with Crippen LogP contribution in [0.5, 0.6) is 0 Å². The van der Waals surface area contributed by atoms with Gasteiger partial charge in [-0.1, -0.05) is 0 Å². The van der Waals surface area contributed by atoms with E-state index in [1.807, 2.05) is 6.07 Å². The van der Waals surface area contributed by atoms with Gasteiger partial charge >= 0.3 is 0 Å². The van der Waals surface area contributed by atoms with E-state index in [0.29, 0.717) is 0 Å². The van der Waals surface area contributed by atoms with Crippen molar-refractivity contribution in [3.05, 3.63) is 30.2 Å². The molecule has 0 amide bonds. The van der Waals surface area contributed by atoms with Crippen molar-refractivity contribution in [1.82, 2.24) is 29.7 Å². The molecule has 0 aliphatic heterocycles. The van der Waals surface area contributed by atoms with E-state index >= 15 is 0 Å². The fourth-order valence-corrected chi connectivity index (χ4v) is 2.74. The molecule has 0 spiro atoms. The molecule has 0 aromatic carbocycles. The molecule has 30 heavy (non-hydrogen) atoms. The first-order valence-electron chi connectivity index (χ1n) is 8.29. The lowest BCUT2D eigenvalue weighted by Gasteiger charge is -2.11. The Morgan fingerprint density at radius 3 is 2.40 bits per heavy atom. The van der Waals surface area contributed by atoms with Crippen molar-refractivity contribution in [3.8, 4) is 12.0 Å². The Bertz CT molecular complexity index is 1230. The number of sulfonamides is 1. The zero-order valence-electron chi connectivity index (χ0n) is 16.1. The van der Waals surface area contributed by atoms with Crippen LogP contribution in [0.4, 0.5) is 29.1 Å². The van der Waals surface area contributed by atoms with E-state index in [1.54, 1.807) is 20.2 Å². The summed E-state index contributed by atoms with van der Waals surface area (Å²) in [6, 6.07) is 3.59. The van der Waals surface area contributed by atoms with Crippen molar-refractivity contribution in [3.63, 3.8) is 0 Å². The van der Waals surface area contributed by atoms with Gasteiger partial charge < -0.3 is 10.6 Å². The second kappa shape index (κ2) is 8.45. The van der Waals surface area contributed by atoms with E-state index < -0.39 is 10.0 Å². The van der Waals surface area contributed by atoms with Gasteiger partial charge in [0, 0.05) is 26.5 Å². The number of anilines is 3. The summed E-state index contributed by atoms with van der Waals surface area (Å²) in [5, 5.41) is 27.2. The molecule has 0 radical (unpaired) electrons. The van der Waals surface area contributed by atoms with Gasteiger partial charge in [0.25, 0.3) is 5.95 Å². The Hall–Kier alpha value is -4.19. The maximum atomic E-state index is 11.8. The Morgan fingerprint density at radius 2 is 1.80 bits per heavy atom. The zero-order valence-corrected chi connectivity index (χ0v) is 16.9. The Labute approximate surface area is 171 Å². The number of aromatic nitrogens is 6. The summed E-state index contributed by atoms with van der Waals surface area (Å²) in [7, 11) is -0.515. The van der Waals surface area contributed by atoms with Crippen LogP contribution in [-0.2, 0) is 10.0 Å². The first kappa shape index (κ1) is 20.5. The summed E-state index contributed by atoms with van der Waals surface area (Å²) < 4.78 is 27.0. The molecule has 154 valence electrons. The molecule has 0 atom stereocenters. The molecule has 0 unspecified atom stereocenters. The van der Waals surface area contributed by atoms with E-state index in [1.165, 1.54) is 23.3 Å². The van der Waals surface area contributed by atoms with Gasteiger partial charge in [0.1, 0.15) is 11.6 Å². The maximum Gasteiger partial charge on any atom is 0.252 e.